The topological polar surface area (TPSA) is 67.8 Å². The van der Waals surface area contributed by atoms with Gasteiger partial charge in [0.25, 0.3) is 6.16 Å². The Bertz CT molecular complexity index is 107. The largest absolute Gasteiger partial charge is 1.00 e. The number of hydrogen-bond donors (Lipinski definition) is 0. The number of carbonyl (C=O) groups is 1. The standard InChI is InChI=1S/C5H10O5.Na/c1-8-3-4(9-2)10-5(6)7;/h4H,3H2,1-2H3,(H,6,7);/q;+1/p-1. The van der Waals surface area contributed by atoms with Crippen molar-refractivity contribution >= 4 is 6.16 Å². The fourth-order valence-corrected chi connectivity index (χ4v) is 0.394. The van der Waals surface area contributed by atoms with Gasteiger partial charge in [0, 0.05) is 14.2 Å². The van der Waals surface area contributed by atoms with Crippen LogP contribution in [0.5, 0.6) is 0 Å². The van der Waals surface area contributed by atoms with Gasteiger partial charge in [-0.3, -0.25) is 0 Å². The number of ether oxygens (including phenoxy) is 3. The molecule has 0 aliphatic carbocycles. The Morgan fingerprint density at radius 1 is 1.55 bits per heavy atom. The summed E-state index contributed by atoms with van der Waals surface area (Å²) in [5.41, 5.74) is 0. The molecule has 0 spiro atoms. The quantitative estimate of drug-likeness (QED) is 0.245. The maximum atomic E-state index is 9.77. The van der Waals surface area contributed by atoms with Crippen molar-refractivity contribution in [3.05, 3.63) is 0 Å². The predicted octanol–water partition coefficient (Wildman–Crippen LogP) is -4.03. The third kappa shape index (κ3) is 8.09. The summed E-state index contributed by atoms with van der Waals surface area (Å²) in [5, 5.41) is 9.77. The fourth-order valence-electron chi connectivity index (χ4n) is 0.394. The van der Waals surface area contributed by atoms with Gasteiger partial charge in [-0.25, -0.2) is 0 Å². The summed E-state index contributed by atoms with van der Waals surface area (Å²) < 4.78 is 13.2. The van der Waals surface area contributed by atoms with Gasteiger partial charge in [0.2, 0.25) is 0 Å². The molecule has 0 aromatic heterocycles. The van der Waals surface area contributed by atoms with Crippen LogP contribution in [0, 0.1) is 0 Å². The van der Waals surface area contributed by atoms with Crippen LogP contribution in [0.4, 0.5) is 4.79 Å². The Labute approximate surface area is 86.9 Å². The molecular formula is C5H9NaO5. The average Bonchev–Trinajstić information content (AvgIpc) is 1.86. The molecule has 60 valence electrons. The first-order valence-corrected chi connectivity index (χ1v) is 2.60. The van der Waals surface area contributed by atoms with E-state index in [1.807, 2.05) is 0 Å². The fraction of sp³-hybridized carbons (Fsp3) is 0.800. The molecule has 5 nitrogen and oxygen atoms in total. The predicted molar refractivity (Wildman–Crippen MR) is 29.2 cm³/mol. The van der Waals surface area contributed by atoms with Crippen LogP contribution in [0.15, 0.2) is 0 Å². The SMILES string of the molecule is COCC(OC)OC(=O)[O-].[Na+]. The van der Waals surface area contributed by atoms with E-state index in [4.69, 9.17) is 0 Å². The van der Waals surface area contributed by atoms with Gasteiger partial charge in [-0.2, -0.15) is 0 Å². The number of carboxylic acid groups (broad SMARTS) is 1. The molecular weight excluding hydrogens is 163 g/mol. The number of rotatable bonds is 4. The second-order valence-electron chi connectivity index (χ2n) is 1.49. The van der Waals surface area contributed by atoms with Crippen molar-refractivity contribution < 1.29 is 53.7 Å². The van der Waals surface area contributed by atoms with E-state index in [0.29, 0.717) is 0 Å². The van der Waals surface area contributed by atoms with Crippen molar-refractivity contribution in [2.24, 2.45) is 0 Å². The molecule has 0 rings (SSSR count). The molecule has 6 heteroatoms. The van der Waals surface area contributed by atoms with Crippen molar-refractivity contribution in [3.63, 3.8) is 0 Å². The second-order valence-corrected chi connectivity index (χ2v) is 1.49. The van der Waals surface area contributed by atoms with Gasteiger partial charge in [0.1, 0.15) is 0 Å². The number of methoxy groups -OCH3 is 2. The van der Waals surface area contributed by atoms with E-state index in [9.17, 15) is 9.90 Å². The van der Waals surface area contributed by atoms with Gasteiger partial charge in [0.05, 0.1) is 6.61 Å². The van der Waals surface area contributed by atoms with Crippen LogP contribution in [0.3, 0.4) is 0 Å². The molecule has 0 saturated carbocycles. The van der Waals surface area contributed by atoms with Crippen LogP contribution in [-0.2, 0) is 14.2 Å². The maximum Gasteiger partial charge on any atom is 1.00 e. The summed E-state index contributed by atoms with van der Waals surface area (Å²) in [5.74, 6) is 0. The molecule has 0 N–H and O–H groups in total. The Morgan fingerprint density at radius 3 is 2.36 bits per heavy atom. The van der Waals surface area contributed by atoms with Crippen molar-refractivity contribution in [2.45, 2.75) is 6.29 Å². The van der Waals surface area contributed by atoms with Crippen LogP contribution < -0.4 is 34.7 Å². The zero-order valence-electron chi connectivity index (χ0n) is 6.83. The van der Waals surface area contributed by atoms with Crippen LogP contribution in [0.2, 0.25) is 0 Å². The van der Waals surface area contributed by atoms with E-state index in [-0.39, 0.29) is 36.2 Å². The van der Waals surface area contributed by atoms with Gasteiger partial charge >= 0.3 is 29.6 Å². The van der Waals surface area contributed by atoms with Gasteiger partial charge in [-0.1, -0.05) is 0 Å². The zero-order valence-corrected chi connectivity index (χ0v) is 8.83. The zero-order chi connectivity index (χ0) is 7.98. The molecule has 0 saturated heterocycles. The summed E-state index contributed by atoms with van der Waals surface area (Å²) in [6.45, 7) is 0.0600. The number of hydrogen-bond acceptors (Lipinski definition) is 5. The minimum atomic E-state index is -1.62. The minimum absolute atomic E-state index is 0. The Kier molecular flexibility index (Phi) is 10.4. The summed E-state index contributed by atoms with van der Waals surface area (Å²) in [4.78, 5) is 9.77. The monoisotopic (exact) mass is 172 g/mol. The van der Waals surface area contributed by atoms with Crippen LogP contribution in [0.1, 0.15) is 0 Å². The van der Waals surface area contributed by atoms with E-state index in [2.05, 4.69) is 14.2 Å². The third-order valence-electron chi connectivity index (χ3n) is 0.793. The van der Waals surface area contributed by atoms with Crippen molar-refractivity contribution in [1.82, 2.24) is 0 Å². The summed E-state index contributed by atoms with van der Waals surface area (Å²) in [6, 6.07) is 0. The molecule has 0 aliphatic heterocycles. The van der Waals surface area contributed by atoms with Gasteiger partial charge in [0.15, 0.2) is 6.29 Å². The summed E-state index contributed by atoms with van der Waals surface area (Å²) >= 11 is 0. The number of carbonyl (C=O) groups excluding carboxylic acids is 1. The van der Waals surface area contributed by atoms with Gasteiger partial charge in [-0.05, 0) is 0 Å². The molecule has 0 heterocycles. The molecule has 0 bridgehead atoms. The van der Waals surface area contributed by atoms with Crippen LogP contribution >= 0.6 is 0 Å². The normalized spacial score (nSPS) is 11.5. The third-order valence-corrected chi connectivity index (χ3v) is 0.793. The molecule has 0 radical (unpaired) electrons. The van der Waals surface area contributed by atoms with E-state index >= 15 is 0 Å². The summed E-state index contributed by atoms with van der Waals surface area (Å²) in [7, 11) is 2.72. The van der Waals surface area contributed by atoms with E-state index in [1.54, 1.807) is 0 Å². The first-order valence-electron chi connectivity index (χ1n) is 2.60. The molecule has 0 aromatic carbocycles. The first-order chi connectivity index (χ1) is 4.70. The minimum Gasteiger partial charge on any atom is -0.519 e. The molecule has 1 atom stereocenters. The molecule has 0 aromatic rings. The molecule has 1 unspecified atom stereocenters. The molecule has 0 aliphatic rings. The Morgan fingerprint density at radius 2 is 2.09 bits per heavy atom. The van der Waals surface area contributed by atoms with Crippen LogP contribution in [-0.4, -0.2) is 33.3 Å². The van der Waals surface area contributed by atoms with Gasteiger partial charge < -0.3 is 24.1 Å². The molecule has 11 heavy (non-hydrogen) atoms. The Hall–Kier alpha value is 0.190. The second kappa shape index (κ2) is 8.29. The van der Waals surface area contributed by atoms with Crippen molar-refractivity contribution in [1.29, 1.82) is 0 Å². The van der Waals surface area contributed by atoms with E-state index in [0.717, 1.165) is 0 Å². The first kappa shape index (κ1) is 13.8. The van der Waals surface area contributed by atoms with E-state index in [1.165, 1.54) is 14.2 Å². The van der Waals surface area contributed by atoms with Gasteiger partial charge in [-0.15, -0.1) is 0 Å². The van der Waals surface area contributed by atoms with Crippen LogP contribution in [0.25, 0.3) is 0 Å². The molecule has 0 fully saturated rings. The Balaban J connectivity index is 0. The summed E-state index contributed by atoms with van der Waals surface area (Å²) in [6.07, 6.45) is -2.51. The molecule has 0 amide bonds. The van der Waals surface area contributed by atoms with E-state index < -0.39 is 12.4 Å². The smallest absolute Gasteiger partial charge is 0.519 e. The maximum absolute atomic E-state index is 9.77. The van der Waals surface area contributed by atoms with Crippen molar-refractivity contribution in [3.8, 4) is 0 Å². The average molecular weight is 172 g/mol. The van der Waals surface area contributed by atoms with Crippen molar-refractivity contribution in [2.75, 3.05) is 20.8 Å².